The van der Waals surface area contributed by atoms with E-state index in [1.807, 2.05) is 18.2 Å². The maximum Gasteiger partial charge on any atom is 0.236 e. The van der Waals surface area contributed by atoms with Gasteiger partial charge in [-0.25, -0.2) is 8.42 Å². The van der Waals surface area contributed by atoms with Crippen molar-refractivity contribution in [1.29, 1.82) is 0 Å². The van der Waals surface area contributed by atoms with E-state index in [0.717, 1.165) is 25.2 Å². The van der Waals surface area contributed by atoms with Crippen LogP contribution in [-0.4, -0.2) is 43.8 Å². The molecule has 0 bridgehead atoms. The Labute approximate surface area is 154 Å². The maximum atomic E-state index is 12.5. The molecular weight excluding hydrogens is 356 g/mol. The van der Waals surface area contributed by atoms with Crippen LogP contribution in [0, 0.1) is 0 Å². The number of sulfonamides is 1. The summed E-state index contributed by atoms with van der Waals surface area (Å²) < 4.78 is 26.5. The van der Waals surface area contributed by atoms with Crippen LogP contribution in [0.2, 0.25) is 5.02 Å². The molecule has 0 aliphatic carbocycles. The van der Waals surface area contributed by atoms with Crippen molar-refractivity contribution in [2.24, 2.45) is 0 Å². The summed E-state index contributed by atoms with van der Waals surface area (Å²) in [5, 5.41) is 1.91. The van der Waals surface area contributed by atoms with E-state index in [-0.39, 0.29) is 0 Å². The van der Waals surface area contributed by atoms with E-state index >= 15 is 0 Å². The first-order chi connectivity index (χ1) is 12.0. The van der Waals surface area contributed by atoms with Crippen LogP contribution in [0.15, 0.2) is 60.0 Å². The molecule has 4 nitrogen and oxygen atoms in total. The molecule has 25 heavy (non-hydrogen) atoms. The van der Waals surface area contributed by atoms with E-state index < -0.39 is 10.0 Å². The van der Waals surface area contributed by atoms with Crippen LogP contribution in [-0.2, 0) is 16.6 Å². The fourth-order valence-electron chi connectivity index (χ4n) is 2.81. The lowest BCUT2D eigenvalue weighted by Gasteiger charge is -2.33. The van der Waals surface area contributed by atoms with Crippen molar-refractivity contribution in [3.8, 4) is 0 Å². The van der Waals surface area contributed by atoms with Crippen LogP contribution in [0.3, 0.4) is 0 Å². The second-order valence-electron chi connectivity index (χ2n) is 6.06. The van der Waals surface area contributed by atoms with Crippen LogP contribution in [0.4, 0.5) is 0 Å². The van der Waals surface area contributed by atoms with E-state index in [1.165, 1.54) is 11.0 Å². The van der Waals surface area contributed by atoms with Gasteiger partial charge in [0.05, 0.1) is 0 Å². The molecule has 0 aromatic heterocycles. The highest BCUT2D eigenvalue weighted by Crippen LogP contribution is 2.15. The van der Waals surface area contributed by atoms with Crippen molar-refractivity contribution in [2.75, 3.05) is 26.2 Å². The third kappa shape index (κ3) is 5.16. The average Bonchev–Trinajstić information content (AvgIpc) is 2.63. The average molecular weight is 377 g/mol. The van der Waals surface area contributed by atoms with Crippen molar-refractivity contribution >= 4 is 27.7 Å². The topological polar surface area (TPSA) is 40.6 Å². The van der Waals surface area contributed by atoms with Crippen molar-refractivity contribution < 1.29 is 8.42 Å². The Morgan fingerprint density at radius 1 is 0.920 bits per heavy atom. The first-order valence-electron chi connectivity index (χ1n) is 8.23. The molecule has 3 rings (SSSR count). The highest BCUT2D eigenvalue weighted by Gasteiger charge is 2.24. The second kappa shape index (κ2) is 8.15. The lowest BCUT2D eigenvalue weighted by Crippen LogP contribution is -2.47. The Morgan fingerprint density at radius 3 is 2.20 bits per heavy atom. The zero-order chi connectivity index (χ0) is 17.7. The van der Waals surface area contributed by atoms with E-state index in [4.69, 9.17) is 11.6 Å². The van der Waals surface area contributed by atoms with Crippen molar-refractivity contribution in [2.45, 2.75) is 6.54 Å². The molecule has 1 heterocycles. The summed E-state index contributed by atoms with van der Waals surface area (Å²) in [5.74, 6) is 0. The van der Waals surface area contributed by atoms with E-state index in [2.05, 4.69) is 17.0 Å². The molecule has 0 amide bonds. The summed E-state index contributed by atoms with van der Waals surface area (Å²) in [5.41, 5.74) is 2.07. The molecular formula is C19H21ClN2O2S. The molecule has 1 saturated heterocycles. The molecule has 6 heteroatoms. The van der Waals surface area contributed by atoms with Gasteiger partial charge in [-0.1, -0.05) is 54.1 Å². The van der Waals surface area contributed by atoms with Crippen LogP contribution in [0.5, 0.6) is 0 Å². The normalized spacial score (nSPS) is 17.2. The smallest absolute Gasteiger partial charge is 0.236 e. The van der Waals surface area contributed by atoms with Gasteiger partial charge < -0.3 is 0 Å². The van der Waals surface area contributed by atoms with Gasteiger partial charge in [0, 0.05) is 43.2 Å². The van der Waals surface area contributed by atoms with Crippen LogP contribution < -0.4 is 0 Å². The van der Waals surface area contributed by atoms with Crippen molar-refractivity contribution in [3.63, 3.8) is 0 Å². The van der Waals surface area contributed by atoms with E-state index in [9.17, 15) is 8.42 Å². The van der Waals surface area contributed by atoms with Gasteiger partial charge in [0.15, 0.2) is 0 Å². The number of rotatable bonds is 5. The second-order valence-corrected chi connectivity index (χ2v) is 8.31. The first kappa shape index (κ1) is 18.1. The van der Waals surface area contributed by atoms with E-state index in [0.29, 0.717) is 18.1 Å². The Morgan fingerprint density at radius 2 is 1.56 bits per heavy atom. The third-order valence-corrected chi connectivity index (χ3v) is 6.06. The molecule has 0 unspecified atom stereocenters. The van der Waals surface area contributed by atoms with Gasteiger partial charge in [-0.15, -0.1) is 0 Å². The highest BCUT2D eigenvalue weighted by atomic mass is 35.5. The quantitative estimate of drug-likeness (QED) is 0.802. The molecule has 1 fully saturated rings. The number of hydrogen-bond donors (Lipinski definition) is 0. The van der Waals surface area contributed by atoms with E-state index in [1.54, 1.807) is 34.6 Å². The lowest BCUT2D eigenvalue weighted by atomic mass is 10.2. The van der Waals surface area contributed by atoms with Crippen LogP contribution in [0.1, 0.15) is 11.1 Å². The number of halogens is 1. The van der Waals surface area contributed by atoms with Gasteiger partial charge in [-0.3, -0.25) is 4.90 Å². The fourth-order valence-corrected chi connectivity index (χ4v) is 4.11. The van der Waals surface area contributed by atoms with Gasteiger partial charge >= 0.3 is 0 Å². The Hall–Kier alpha value is -1.66. The predicted molar refractivity (Wildman–Crippen MR) is 103 cm³/mol. The van der Waals surface area contributed by atoms with Crippen LogP contribution in [0.25, 0.3) is 6.08 Å². The predicted octanol–water partition coefficient (Wildman–Crippen LogP) is 3.46. The molecule has 0 atom stereocenters. The summed E-state index contributed by atoms with van der Waals surface area (Å²) >= 11 is 5.84. The molecule has 0 N–H and O–H groups in total. The first-order valence-corrected chi connectivity index (χ1v) is 10.1. The minimum Gasteiger partial charge on any atom is -0.296 e. The Kier molecular flexibility index (Phi) is 5.91. The zero-order valence-corrected chi connectivity index (χ0v) is 15.5. The zero-order valence-electron chi connectivity index (χ0n) is 13.9. The summed E-state index contributed by atoms with van der Waals surface area (Å²) in [7, 11) is -3.39. The highest BCUT2D eigenvalue weighted by molar-refractivity contribution is 7.92. The standard InChI is InChI=1S/C19H21ClN2O2S/c20-19-8-6-17(7-9-19)10-15-25(23,24)22-13-11-21(12-14-22)16-18-4-2-1-3-5-18/h1-10,15H,11-14,16H2/b15-10+. The van der Waals surface area contributed by atoms with Gasteiger partial charge in [-0.2, -0.15) is 4.31 Å². The molecule has 1 aliphatic rings. The van der Waals surface area contributed by atoms with Gasteiger partial charge in [0.2, 0.25) is 10.0 Å². The van der Waals surface area contributed by atoms with Crippen molar-refractivity contribution in [1.82, 2.24) is 9.21 Å². The number of hydrogen-bond acceptors (Lipinski definition) is 3. The molecule has 2 aromatic rings. The summed E-state index contributed by atoms with van der Waals surface area (Å²) in [4.78, 5) is 2.28. The summed E-state index contributed by atoms with van der Waals surface area (Å²) in [6.45, 7) is 3.36. The third-order valence-electron chi connectivity index (χ3n) is 4.24. The van der Waals surface area contributed by atoms with Gasteiger partial charge in [0.25, 0.3) is 0 Å². The van der Waals surface area contributed by atoms with Gasteiger partial charge in [-0.05, 0) is 29.3 Å². The number of piperazine rings is 1. The lowest BCUT2D eigenvalue weighted by molar-refractivity contribution is 0.182. The van der Waals surface area contributed by atoms with Crippen LogP contribution >= 0.6 is 11.6 Å². The molecule has 1 aliphatic heterocycles. The number of nitrogens with zero attached hydrogens (tertiary/aromatic N) is 2. The Balaban J connectivity index is 1.56. The Bertz CT molecular complexity index is 812. The molecule has 0 spiro atoms. The summed E-state index contributed by atoms with van der Waals surface area (Å²) in [6.07, 6.45) is 1.61. The maximum absolute atomic E-state index is 12.5. The fraction of sp³-hybridized carbons (Fsp3) is 0.263. The monoisotopic (exact) mass is 376 g/mol. The largest absolute Gasteiger partial charge is 0.296 e. The summed E-state index contributed by atoms with van der Waals surface area (Å²) in [6, 6.07) is 17.3. The molecule has 2 aromatic carbocycles. The molecule has 132 valence electrons. The van der Waals surface area contributed by atoms with Crippen molar-refractivity contribution in [3.05, 3.63) is 76.2 Å². The minimum absolute atomic E-state index is 0.514. The van der Waals surface area contributed by atoms with Gasteiger partial charge in [0.1, 0.15) is 0 Å². The molecule has 0 radical (unpaired) electrons. The minimum atomic E-state index is -3.39. The molecule has 0 saturated carbocycles. The SMILES string of the molecule is O=S(=O)(/C=C/c1ccc(Cl)cc1)N1CCN(Cc2ccccc2)CC1. The number of benzene rings is 2.